The van der Waals surface area contributed by atoms with Crippen LogP contribution in [0, 0.1) is 0 Å². The maximum atomic E-state index is 10.5. The summed E-state index contributed by atoms with van der Waals surface area (Å²) in [6.45, 7) is 1.35. The van der Waals surface area contributed by atoms with Gasteiger partial charge < -0.3 is 18.7 Å². The number of carboxylic acids is 1. The van der Waals surface area contributed by atoms with Crippen LogP contribution in [0.4, 0.5) is 0 Å². The van der Waals surface area contributed by atoms with Crippen LogP contribution >= 0.6 is 15.9 Å². The molecule has 96 valence electrons. The molecule has 0 unspecified atom stereocenters. The predicted octanol–water partition coefficient (Wildman–Crippen LogP) is 2.08. The SMILES string of the molecule is C[C@@H](OCc1nnc(-c2ccc(Br)o2)o1)C(=O)O. The van der Waals surface area contributed by atoms with Gasteiger partial charge in [0.2, 0.25) is 5.89 Å². The van der Waals surface area contributed by atoms with Crippen LogP contribution in [0.5, 0.6) is 0 Å². The Balaban J connectivity index is 2.00. The van der Waals surface area contributed by atoms with Crippen molar-refractivity contribution in [2.24, 2.45) is 0 Å². The molecule has 0 amide bonds. The first kappa shape index (κ1) is 12.8. The lowest BCUT2D eigenvalue weighted by Gasteiger charge is -2.04. The molecule has 0 saturated carbocycles. The molecule has 0 saturated heterocycles. The summed E-state index contributed by atoms with van der Waals surface area (Å²) in [4.78, 5) is 10.5. The highest BCUT2D eigenvalue weighted by atomic mass is 79.9. The Kier molecular flexibility index (Phi) is 3.78. The summed E-state index contributed by atoms with van der Waals surface area (Å²) in [7, 11) is 0. The Morgan fingerprint density at radius 3 is 2.89 bits per heavy atom. The van der Waals surface area contributed by atoms with E-state index in [9.17, 15) is 4.79 Å². The molecule has 0 aliphatic heterocycles. The number of halogens is 1. The van der Waals surface area contributed by atoms with Gasteiger partial charge >= 0.3 is 5.97 Å². The molecule has 1 N–H and O–H groups in total. The summed E-state index contributed by atoms with van der Waals surface area (Å²) in [5.41, 5.74) is 0. The van der Waals surface area contributed by atoms with Gasteiger partial charge in [-0.1, -0.05) is 0 Å². The minimum absolute atomic E-state index is 0.0671. The lowest BCUT2D eigenvalue weighted by molar-refractivity contribution is -0.150. The van der Waals surface area contributed by atoms with Crippen molar-refractivity contribution in [3.63, 3.8) is 0 Å². The van der Waals surface area contributed by atoms with Crippen LogP contribution in [0.25, 0.3) is 11.7 Å². The van der Waals surface area contributed by atoms with E-state index >= 15 is 0 Å². The molecule has 2 aromatic heterocycles. The van der Waals surface area contributed by atoms with E-state index in [4.69, 9.17) is 18.7 Å². The van der Waals surface area contributed by atoms with Gasteiger partial charge in [0.15, 0.2) is 16.5 Å². The lowest BCUT2D eigenvalue weighted by atomic mass is 10.4. The van der Waals surface area contributed by atoms with Crippen LogP contribution in [0.15, 0.2) is 25.6 Å². The molecule has 0 aliphatic rings. The molecule has 0 radical (unpaired) electrons. The van der Waals surface area contributed by atoms with Gasteiger partial charge in [0, 0.05) is 0 Å². The quantitative estimate of drug-likeness (QED) is 0.901. The van der Waals surface area contributed by atoms with E-state index in [1.807, 2.05) is 0 Å². The first-order valence-corrected chi connectivity index (χ1v) is 5.78. The number of hydrogen-bond donors (Lipinski definition) is 1. The molecule has 0 aromatic carbocycles. The number of aliphatic carboxylic acids is 1. The number of aromatic nitrogens is 2. The highest BCUT2D eigenvalue weighted by Gasteiger charge is 2.15. The van der Waals surface area contributed by atoms with Crippen molar-refractivity contribution in [3.05, 3.63) is 22.7 Å². The first-order chi connectivity index (χ1) is 8.56. The largest absolute Gasteiger partial charge is 0.479 e. The molecule has 1 atom stereocenters. The van der Waals surface area contributed by atoms with Gasteiger partial charge in [0.1, 0.15) is 6.61 Å². The molecular weight excluding hydrogens is 308 g/mol. The number of furan rings is 1. The average molecular weight is 317 g/mol. The summed E-state index contributed by atoms with van der Waals surface area (Å²) in [5.74, 6) is -0.232. The van der Waals surface area contributed by atoms with E-state index < -0.39 is 12.1 Å². The van der Waals surface area contributed by atoms with Gasteiger partial charge in [0.05, 0.1) is 0 Å². The third-order valence-corrected chi connectivity index (χ3v) is 2.48. The van der Waals surface area contributed by atoms with Crippen LogP contribution in [-0.4, -0.2) is 27.4 Å². The van der Waals surface area contributed by atoms with Crippen molar-refractivity contribution in [1.82, 2.24) is 10.2 Å². The summed E-state index contributed by atoms with van der Waals surface area (Å²) >= 11 is 3.16. The highest BCUT2D eigenvalue weighted by Crippen LogP contribution is 2.23. The molecule has 0 spiro atoms. The first-order valence-electron chi connectivity index (χ1n) is 4.99. The Morgan fingerprint density at radius 2 is 2.28 bits per heavy atom. The number of nitrogens with zero attached hydrogens (tertiary/aromatic N) is 2. The van der Waals surface area contributed by atoms with Gasteiger partial charge in [0.25, 0.3) is 5.89 Å². The van der Waals surface area contributed by atoms with Crippen LogP contribution in [0.3, 0.4) is 0 Å². The van der Waals surface area contributed by atoms with Crippen molar-refractivity contribution in [3.8, 4) is 11.7 Å². The summed E-state index contributed by atoms with van der Waals surface area (Å²) in [6, 6.07) is 3.37. The maximum absolute atomic E-state index is 10.5. The number of carboxylic acid groups (broad SMARTS) is 1. The topological polar surface area (TPSA) is 98.6 Å². The second-order valence-electron chi connectivity index (χ2n) is 3.40. The van der Waals surface area contributed by atoms with Crippen molar-refractivity contribution in [2.45, 2.75) is 19.6 Å². The van der Waals surface area contributed by atoms with Gasteiger partial charge in [-0.3, -0.25) is 0 Å². The minimum atomic E-state index is -1.05. The fraction of sp³-hybridized carbons (Fsp3) is 0.300. The third-order valence-electron chi connectivity index (χ3n) is 2.06. The Bertz CT molecular complexity index is 550. The fourth-order valence-corrected chi connectivity index (χ4v) is 1.41. The smallest absolute Gasteiger partial charge is 0.332 e. The Hall–Kier alpha value is -1.67. The van der Waals surface area contributed by atoms with Gasteiger partial charge in [-0.2, -0.15) is 0 Å². The van der Waals surface area contributed by atoms with Crippen molar-refractivity contribution in [1.29, 1.82) is 0 Å². The average Bonchev–Trinajstić information content (AvgIpc) is 2.94. The minimum Gasteiger partial charge on any atom is -0.479 e. The monoisotopic (exact) mass is 316 g/mol. The molecule has 18 heavy (non-hydrogen) atoms. The van der Waals surface area contributed by atoms with Gasteiger partial charge in [-0.25, -0.2) is 4.79 Å². The number of ether oxygens (including phenoxy) is 1. The molecule has 2 rings (SSSR count). The zero-order chi connectivity index (χ0) is 13.1. The van der Waals surface area contributed by atoms with Crippen molar-refractivity contribution in [2.75, 3.05) is 0 Å². The standard InChI is InChI=1S/C10H9BrN2O5/c1-5(10(14)15)16-4-8-12-13-9(18-8)6-2-3-7(11)17-6/h2-3,5H,4H2,1H3,(H,14,15)/t5-/m1/s1. The normalized spacial score (nSPS) is 12.6. The van der Waals surface area contributed by atoms with Crippen molar-refractivity contribution < 1.29 is 23.5 Å². The summed E-state index contributed by atoms with van der Waals surface area (Å²) in [5, 5.41) is 16.1. The summed E-state index contributed by atoms with van der Waals surface area (Å²) in [6.07, 6.45) is -0.932. The molecule has 0 aliphatic carbocycles. The second-order valence-corrected chi connectivity index (χ2v) is 4.18. The van der Waals surface area contributed by atoms with Gasteiger partial charge in [-0.15, -0.1) is 10.2 Å². The lowest BCUT2D eigenvalue weighted by Crippen LogP contribution is -2.19. The summed E-state index contributed by atoms with van der Waals surface area (Å²) < 4.78 is 16.0. The number of carbonyl (C=O) groups is 1. The van der Waals surface area contributed by atoms with Crippen LogP contribution in [0.1, 0.15) is 12.8 Å². The predicted molar refractivity (Wildman–Crippen MR) is 61.6 cm³/mol. The van der Waals surface area contributed by atoms with E-state index in [1.54, 1.807) is 12.1 Å². The fourth-order valence-electron chi connectivity index (χ4n) is 1.11. The van der Waals surface area contributed by atoms with Crippen LogP contribution in [-0.2, 0) is 16.1 Å². The molecule has 0 bridgehead atoms. The molecular formula is C10H9BrN2O5. The molecule has 2 aromatic rings. The van der Waals surface area contributed by atoms with Gasteiger partial charge in [-0.05, 0) is 35.0 Å². The van der Waals surface area contributed by atoms with Crippen LogP contribution in [0.2, 0.25) is 0 Å². The molecule has 0 fully saturated rings. The van der Waals surface area contributed by atoms with E-state index in [0.29, 0.717) is 10.4 Å². The molecule has 7 nitrogen and oxygen atoms in total. The number of hydrogen-bond acceptors (Lipinski definition) is 6. The van der Waals surface area contributed by atoms with Crippen molar-refractivity contribution >= 4 is 21.9 Å². The Labute approximate surface area is 110 Å². The maximum Gasteiger partial charge on any atom is 0.332 e. The third kappa shape index (κ3) is 2.96. The zero-order valence-corrected chi connectivity index (χ0v) is 10.9. The molecule has 2 heterocycles. The van der Waals surface area contributed by atoms with E-state index in [1.165, 1.54) is 6.92 Å². The Morgan fingerprint density at radius 1 is 1.50 bits per heavy atom. The zero-order valence-electron chi connectivity index (χ0n) is 9.29. The molecule has 8 heteroatoms. The number of rotatable bonds is 5. The highest BCUT2D eigenvalue weighted by molar-refractivity contribution is 9.10. The second kappa shape index (κ2) is 5.32. The van der Waals surface area contributed by atoms with E-state index in [2.05, 4.69) is 26.1 Å². The van der Waals surface area contributed by atoms with Crippen LogP contribution < -0.4 is 0 Å². The van der Waals surface area contributed by atoms with E-state index in [-0.39, 0.29) is 18.4 Å². The van der Waals surface area contributed by atoms with E-state index in [0.717, 1.165) is 0 Å².